The zero-order valence-corrected chi connectivity index (χ0v) is 12.4. The first-order chi connectivity index (χ1) is 10.0. The predicted molar refractivity (Wildman–Crippen MR) is 77.9 cm³/mol. The Kier molecular flexibility index (Phi) is 4.96. The second kappa shape index (κ2) is 6.72. The van der Waals surface area contributed by atoms with Crippen LogP contribution in [0.1, 0.15) is 30.0 Å². The van der Waals surface area contributed by atoms with Crippen LogP contribution in [0.2, 0.25) is 0 Å². The summed E-state index contributed by atoms with van der Waals surface area (Å²) in [7, 11) is 1.39. The Bertz CT molecular complexity index is 521. The first-order valence-electron chi connectivity index (χ1n) is 7.14. The van der Waals surface area contributed by atoms with Crippen LogP contribution in [0.15, 0.2) is 24.3 Å². The van der Waals surface area contributed by atoms with Crippen LogP contribution in [0.5, 0.6) is 0 Å². The third kappa shape index (κ3) is 3.61. The van der Waals surface area contributed by atoms with Crippen molar-refractivity contribution in [2.45, 2.75) is 25.8 Å². The van der Waals surface area contributed by atoms with Crippen molar-refractivity contribution in [1.82, 2.24) is 4.90 Å². The maximum absolute atomic E-state index is 11.6. The van der Waals surface area contributed by atoms with Gasteiger partial charge in [0.05, 0.1) is 13.0 Å². The predicted octanol–water partition coefficient (Wildman–Crippen LogP) is 2.01. The molecule has 0 saturated carbocycles. The summed E-state index contributed by atoms with van der Waals surface area (Å²) in [4.78, 5) is 25.1. The lowest BCUT2D eigenvalue weighted by atomic mass is 9.94. The van der Waals surface area contributed by atoms with Crippen molar-refractivity contribution in [3.63, 3.8) is 0 Å². The molecule has 1 aromatic carbocycles. The molecule has 21 heavy (non-hydrogen) atoms. The number of rotatable bonds is 4. The van der Waals surface area contributed by atoms with E-state index in [1.54, 1.807) is 0 Å². The number of piperidine rings is 1. The molecule has 5 nitrogen and oxygen atoms in total. The van der Waals surface area contributed by atoms with E-state index in [1.165, 1.54) is 7.11 Å². The van der Waals surface area contributed by atoms with Crippen molar-refractivity contribution in [3.05, 3.63) is 35.4 Å². The number of hydrogen-bond donors (Lipinski definition) is 1. The summed E-state index contributed by atoms with van der Waals surface area (Å²) in [6, 6.07) is 6.93. The summed E-state index contributed by atoms with van der Waals surface area (Å²) in [5.41, 5.74) is 1.84. The fourth-order valence-electron chi connectivity index (χ4n) is 2.91. The van der Waals surface area contributed by atoms with E-state index in [1.807, 2.05) is 36.1 Å². The van der Waals surface area contributed by atoms with Gasteiger partial charge < -0.3 is 9.84 Å². The van der Waals surface area contributed by atoms with Crippen LogP contribution in [-0.2, 0) is 14.3 Å². The number of esters is 1. The molecule has 0 bridgehead atoms. The Hall–Kier alpha value is -1.88. The minimum atomic E-state index is -0.850. The van der Waals surface area contributed by atoms with Crippen LogP contribution >= 0.6 is 0 Å². The fraction of sp³-hybridized carbons (Fsp3) is 0.500. The molecule has 1 unspecified atom stereocenters. The molecule has 114 valence electrons. The number of hydrogen-bond acceptors (Lipinski definition) is 4. The molecule has 1 heterocycles. The van der Waals surface area contributed by atoms with E-state index in [0.717, 1.165) is 11.1 Å². The highest BCUT2D eigenvalue weighted by Crippen LogP contribution is 2.28. The third-order valence-corrected chi connectivity index (χ3v) is 4.02. The molecule has 1 N–H and O–H groups in total. The Balaban J connectivity index is 2.11. The number of benzene rings is 1. The van der Waals surface area contributed by atoms with Gasteiger partial charge in [-0.2, -0.15) is 0 Å². The molecule has 0 radical (unpaired) electrons. The summed E-state index contributed by atoms with van der Waals surface area (Å²) in [5.74, 6) is -1.16. The van der Waals surface area contributed by atoms with Gasteiger partial charge in [-0.05, 0) is 25.3 Å². The fourth-order valence-corrected chi connectivity index (χ4v) is 2.91. The molecule has 1 aliphatic rings. The second-order valence-corrected chi connectivity index (χ2v) is 5.49. The highest BCUT2D eigenvalue weighted by Gasteiger charge is 2.33. The molecule has 0 spiro atoms. The van der Waals surface area contributed by atoms with Gasteiger partial charge >= 0.3 is 11.9 Å². The molecule has 2 rings (SSSR count). The van der Waals surface area contributed by atoms with Gasteiger partial charge in [-0.25, -0.2) is 0 Å². The number of likely N-dealkylation sites (tertiary alicyclic amines) is 1. The van der Waals surface area contributed by atoms with Gasteiger partial charge in [0.15, 0.2) is 0 Å². The molecule has 0 amide bonds. The number of carbonyl (C=O) groups excluding carboxylic acids is 1. The topological polar surface area (TPSA) is 66.8 Å². The average molecular weight is 291 g/mol. The Morgan fingerprint density at radius 3 is 2.52 bits per heavy atom. The minimum Gasteiger partial charge on any atom is -0.480 e. The zero-order valence-electron chi connectivity index (χ0n) is 12.4. The van der Waals surface area contributed by atoms with E-state index in [-0.39, 0.29) is 11.9 Å². The molecule has 5 heteroatoms. The van der Waals surface area contributed by atoms with Gasteiger partial charge in [0.2, 0.25) is 0 Å². The number of aryl methyl sites for hydroxylation is 1. The minimum absolute atomic E-state index is 0.113. The summed E-state index contributed by atoms with van der Waals surface area (Å²) < 4.78 is 4.76. The van der Waals surface area contributed by atoms with Gasteiger partial charge in [0, 0.05) is 13.1 Å². The van der Waals surface area contributed by atoms with Crippen molar-refractivity contribution in [1.29, 1.82) is 0 Å². The first-order valence-corrected chi connectivity index (χ1v) is 7.14. The molecule has 1 saturated heterocycles. The second-order valence-electron chi connectivity index (χ2n) is 5.49. The molecule has 1 aromatic rings. The SMILES string of the molecule is COC(=O)C1CCN(C(C(=O)O)c2cccc(C)c2)CC1. The normalized spacial score (nSPS) is 18.2. The summed E-state index contributed by atoms with van der Waals surface area (Å²) in [6.45, 7) is 3.13. The van der Waals surface area contributed by atoms with E-state index in [9.17, 15) is 14.7 Å². The zero-order chi connectivity index (χ0) is 15.4. The van der Waals surface area contributed by atoms with Crippen LogP contribution < -0.4 is 0 Å². The lowest BCUT2D eigenvalue weighted by Gasteiger charge is -2.34. The van der Waals surface area contributed by atoms with Gasteiger partial charge in [0.1, 0.15) is 6.04 Å². The maximum Gasteiger partial charge on any atom is 0.325 e. The molecule has 0 aromatic heterocycles. The summed E-state index contributed by atoms with van der Waals surface area (Å²) in [5, 5.41) is 9.56. The van der Waals surface area contributed by atoms with Gasteiger partial charge in [0.25, 0.3) is 0 Å². The number of aliphatic carboxylic acids is 1. The summed E-state index contributed by atoms with van der Waals surface area (Å²) in [6.07, 6.45) is 1.28. The highest BCUT2D eigenvalue weighted by atomic mass is 16.5. The number of carbonyl (C=O) groups is 2. The maximum atomic E-state index is 11.6. The number of carboxylic acids is 1. The standard InChI is InChI=1S/C16H21NO4/c1-11-4-3-5-13(10-11)14(15(18)19)17-8-6-12(7-9-17)16(20)21-2/h3-5,10,12,14H,6-9H2,1-2H3,(H,18,19). The van der Waals surface area contributed by atoms with Crippen molar-refractivity contribution in [2.75, 3.05) is 20.2 Å². The van der Waals surface area contributed by atoms with E-state index in [2.05, 4.69) is 0 Å². The lowest BCUT2D eigenvalue weighted by Crippen LogP contribution is -2.41. The van der Waals surface area contributed by atoms with Crippen molar-refractivity contribution in [3.8, 4) is 0 Å². The van der Waals surface area contributed by atoms with E-state index < -0.39 is 12.0 Å². The van der Waals surface area contributed by atoms with Crippen LogP contribution in [-0.4, -0.2) is 42.1 Å². The monoisotopic (exact) mass is 291 g/mol. The quantitative estimate of drug-likeness (QED) is 0.860. The molecular weight excluding hydrogens is 270 g/mol. The number of methoxy groups -OCH3 is 1. The molecular formula is C16H21NO4. The largest absolute Gasteiger partial charge is 0.480 e. The Labute approximate surface area is 124 Å². The van der Waals surface area contributed by atoms with E-state index >= 15 is 0 Å². The molecule has 1 aliphatic heterocycles. The van der Waals surface area contributed by atoms with E-state index in [4.69, 9.17) is 4.74 Å². The number of ether oxygens (including phenoxy) is 1. The molecule has 1 fully saturated rings. The number of nitrogens with zero attached hydrogens (tertiary/aromatic N) is 1. The van der Waals surface area contributed by atoms with Crippen LogP contribution in [0.25, 0.3) is 0 Å². The van der Waals surface area contributed by atoms with Crippen molar-refractivity contribution >= 4 is 11.9 Å². The van der Waals surface area contributed by atoms with Crippen LogP contribution in [0.3, 0.4) is 0 Å². The molecule has 0 aliphatic carbocycles. The Morgan fingerprint density at radius 2 is 2.00 bits per heavy atom. The van der Waals surface area contributed by atoms with Crippen LogP contribution in [0, 0.1) is 12.8 Å². The number of carboxylic acid groups (broad SMARTS) is 1. The van der Waals surface area contributed by atoms with Gasteiger partial charge in [-0.3, -0.25) is 14.5 Å². The van der Waals surface area contributed by atoms with Crippen LogP contribution in [0.4, 0.5) is 0 Å². The van der Waals surface area contributed by atoms with Gasteiger partial charge in [-0.15, -0.1) is 0 Å². The average Bonchev–Trinajstić information content (AvgIpc) is 2.47. The highest BCUT2D eigenvalue weighted by molar-refractivity contribution is 5.76. The van der Waals surface area contributed by atoms with E-state index in [0.29, 0.717) is 25.9 Å². The smallest absolute Gasteiger partial charge is 0.325 e. The summed E-state index contributed by atoms with van der Waals surface area (Å²) >= 11 is 0. The third-order valence-electron chi connectivity index (χ3n) is 4.02. The first kappa shape index (κ1) is 15.5. The Morgan fingerprint density at radius 1 is 1.33 bits per heavy atom. The van der Waals surface area contributed by atoms with Crippen molar-refractivity contribution in [2.24, 2.45) is 5.92 Å². The van der Waals surface area contributed by atoms with Crippen molar-refractivity contribution < 1.29 is 19.4 Å². The lowest BCUT2D eigenvalue weighted by molar-refractivity contribution is -0.148. The molecule has 1 atom stereocenters. The van der Waals surface area contributed by atoms with Gasteiger partial charge in [-0.1, -0.05) is 29.8 Å².